The lowest BCUT2D eigenvalue weighted by Crippen LogP contribution is -2.51. The molecule has 0 saturated carbocycles. The largest absolute Gasteiger partial charge is 0.366 e. The maximum atomic E-state index is 13.3. The summed E-state index contributed by atoms with van der Waals surface area (Å²) in [6.45, 7) is 7.54. The van der Waals surface area contributed by atoms with Gasteiger partial charge in [0, 0.05) is 11.9 Å². The zero-order valence-corrected chi connectivity index (χ0v) is 16.0. The minimum Gasteiger partial charge on any atom is -0.366 e. The Labute approximate surface area is 159 Å². The van der Waals surface area contributed by atoms with Crippen LogP contribution < -0.4 is 0 Å². The van der Waals surface area contributed by atoms with Gasteiger partial charge in [0.1, 0.15) is 6.10 Å². The van der Waals surface area contributed by atoms with Crippen molar-refractivity contribution < 1.29 is 9.53 Å². The van der Waals surface area contributed by atoms with Crippen molar-refractivity contribution in [1.82, 2.24) is 15.1 Å². The van der Waals surface area contributed by atoms with Crippen molar-refractivity contribution in [2.75, 3.05) is 13.1 Å². The summed E-state index contributed by atoms with van der Waals surface area (Å²) in [5.74, 6) is -0.0501. The first-order valence-corrected chi connectivity index (χ1v) is 9.36. The van der Waals surface area contributed by atoms with Crippen LogP contribution in [0.2, 0.25) is 0 Å². The molecule has 1 aliphatic rings. The fourth-order valence-corrected chi connectivity index (χ4v) is 3.53. The lowest BCUT2D eigenvalue weighted by Gasteiger charge is -2.43. The van der Waals surface area contributed by atoms with E-state index in [1.165, 1.54) is 0 Å². The van der Waals surface area contributed by atoms with Crippen molar-refractivity contribution in [3.63, 3.8) is 0 Å². The normalized spacial score (nSPS) is 20.8. The van der Waals surface area contributed by atoms with Gasteiger partial charge in [-0.2, -0.15) is 5.10 Å². The molecule has 0 aliphatic carbocycles. The number of morpholine rings is 1. The molecule has 0 radical (unpaired) electrons. The number of hydrogen-bond donors (Lipinski definition) is 1. The van der Waals surface area contributed by atoms with E-state index in [1.807, 2.05) is 47.4 Å². The third-order valence-corrected chi connectivity index (χ3v) is 5.20. The first kappa shape index (κ1) is 17.7. The van der Waals surface area contributed by atoms with E-state index in [2.05, 4.69) is 43.1 Å². The molecule has 4 rings (SSSR count). The van der Waals surface area contributed by atoms with Crippen molar-refractivity contribution in [1.29, 1.82) is 0 Å². The van der Waals surface area contributed by atoms with Crippen LogP contribution in [-0.2, 0) is 4.74 Å². The van der Waals surface area contributed by atoms with E-state index in [9.17, 15) is 4.79 Å². The van der Waals surface area contributed by atoms with Crippen LogP contribution >= 0.6 is 0 Å². The van der Waals surface area contributed by atoms with E-state index in [4.69, 9.17) is 4.74 Å². The van der Waals surface area contributed by atoms with Gasteiger partial charge in [0.25, 0.3) is 5.91 Å². The number of carbonyl (C=O) groups is 1. The van der Waals surface area contributed by atoms with Crippen LogP contribution in [0.1, 0.15) is 42.9 Å². The number of amides is 1. The third kappa shape index (κ3) is 3.47. The van der Waals surface area contributed by atoms with Gasteiger partial charge in [-0.15, -0.1) is 0 Å². The van der Waals surface area contributed by atoms with Gasteiger partial charge in [-0.1, -0.05) is 69.3 Å². The Morgan fingerprint density at radius 2 is 1.78 bits per heavy atom. The standard InChI is InChI=1S/C22H25N3O2/c1-22(2,3)19-14-25(13-18(27-19)15-9-5-4-6-10-15)21(26)20-16-11-7-8-12-17(16)23-24-20/h4-12,18-19H,13-14H2,1-3H3,(H,23,24)/t18-,19+/m0/s1. The van der Waals surface area contributed by atoms with Crippen LogP contribution in [0.4, 0.5) is 0 Å². The van der Waals surface area contributed by atoms with Crippen LogP contribution in [-0.4, -0.2) is 40.2 Å². The Bertz CT molecular complexity index is 943. The fourth-order valence-electron chi connectivity index (χ4n) is 3.53. The zero-order valence-electron chi connectivity index (χ0n) is 16.0. The lowest BCUT2D eigenvalue weighted by molar-refractivity contribution is -0.119. The smallest absolute Gasteiger partial charge is 0.275 e. The fraction of sp³-hybridized carbons (Fsp3) is 0.364. The summed E-state index contributed by atoms with van der Waals surface area (Å²) >= 11 is 0. The van der Waals surface area contributed by atoms with Crippen LogP contribution in [0.5, 0.6) is 0 Å². The van der Waals surface area contributed by atoms with Gasteiger partial charge in [-0.3, -0.25) is 9.89 Å². The number of nitrogens with zero attached hydrogens (tertiary/aromatic N) is 2. The highest BCUT2D eigenvalue weighted by Crippen LogP contribution is 2.34. The summed E-state index contributed by atoms with van der Waals surface area (Å²) in [4.78, 5) is 15.2. The molecular formula is C22H25N3O2. The zero-order chi connectivity index (χ0) is 19.0. The molecule has 1 aliphatic heterocycles. The number of nitrogens with one attached hydrogen (secondary N) is 1. The van der Waals surface area contributed by atoms with Gasteiger partial charge in [-0.25, -0.2) is 0 Å². The number of aromatic nitrogens is 2. The highest BCUT2D eigenvalue weighted by molar-refractivity contribution is 6.04. The number of aromatic amines is 1. The van der Waals surface area contributed by atoms with E-state index in [0.29, 0.717) is 18.8 Å². The molecule has 1 amide bonds. The van der Waals surface area contributed by atoms with Crippen LogP contribution in [0.25, 0.3) is 10.9 Å². The molecule has 1 N–H and O–H groups in total. The second-order valence-corrected chi connectivity index (χ2v) is 8.22. The minimum atomic E-state index is -0.140. The predicted octanol–water partition coefficient (Wildman–Crippen LogP) is 4.19. The molecule has 2 aromatic carbocycles. The molecular weight excluding hydrogens is 338 g/mol. The van der Waals surface area contributed by atoms with E-state index < -0.39 is 0 Å². The maximum absolute atomic E-state index is 13.3. The summed E-state index contributed by atoms with van der Waals surface area (Å²) in [6, 6.07) is 17.9. The monoisotopic (exact) mass is 363 g/mol. The van der Waals surface area contributed by atoms with E-state index in [-0.39, 0.29) is 23.5 Å². The number of hydrogen-bond acceptors (Lipinski definition) is 3. The molecule has 27 heavy (non-hydrogen) atoms. The number of H-pyrrole nitrogens is 1. The number of rotatable bonds is 2. The topological polar surface area (TPSA) is 58.2 Å². The molecule has 2 atom stereocenters. The number of para-hydroxylation sites is 1. The Morgan fingerprint density at radius 3 is 2.52 bits per heavy atom. The average molecular weight is 363 g/mol. The van der Waals surface area contributed by atoms with Crippen molar-refractivity contribution in [3.8, 4) is 0 Å². The third-order valence-electron chi connectivity index (χ3n) is 5.20. The molecule has 2 heterocycles. The number of benzene rings is 2. The lowest BCUT2D eigenvalue weighted by atomic mass is 9.87. The summed E-state index contributed by atoms with van der Waals surface area (Å²) in [7, 11) is 0. The Balaban J connectivity index is 1.67. The van der Waals surface area contributed by atoms with Gasteiger partial charge in [0.05, 0.1) is 18.2 Å². The van der Waals surface area contributed by atoms with Crippen molar-refractivity contribution in [2.24, 2.45) is 5.41 Å². The maximum Gasteiger partial charge on any atom is 0.275 e. The molecule has 5 nitrogen and oxygen atoms in total. The second-order valence-electron chi connectivity index (χ2n) is 8.22. The van der Waals surface area contributed by atoms with Gasteiger partial charge in [0.15, 0.2) is 5.69 Å². The summed E-state index contributed by atoms with van der Waals surface area (Å²) in [5, 5.41) is 8.12. The highest BCUT2D eigenvalue weighted by atomic mass is 16.5. The summed E-state index contributed by atoms with van der Waals surface area (Å²) in [5.41, 5.74) is 2.38. The number of carbonyl (C=O) groups excluding carboxylic acids is 1. The Hall–Kier alpha value is -2.66. The minimum absolute atomic E-state index is 0.0501. The second kappa shape index (κ2) is 6.82. The van der Waals surface area contributed by atoms with E-state index >= 15 is 0 Å². The molecule has 5 heteroatoms. The van der Waals surface area contributed by atoms with Crippen molar-refractivity contribution in [3.05, 3.63) is 65.9 Å². The van der Waals surface area contributed by atoms with Crippen molar-refractivity contribution in [2.45, 2.75) is 33.0 Å². The van der Waals surface area contributed by atoms with Gasteiger partial charge in [-0.05, 0) is 17.0 Å². The molecule has 1 aromatic heterocycles. The summed E-state index contributed by atoms with van der Waals surface area (Å²) in [6.07, 6.45) is -0.191. The molecule has 0 bridgehead atoms. The van der Waals surface area contributed by atoms with E-state index in [1.54, 1.807) is 0 Å². The highest BCUT2D eigenvalue weighted by Gasteiger charge is 2.38. The van der Waals surface area contributed by atoms with Gasteiger partial charge < -0.3 is 9.64 Å². The van der Waals surface area contributed by atoms with Crippen LogP contribution in [0, 0.1) is 5.41 Å². The molecule has 0 unspecified atom stereocenters. The summed E-state index contributed by atoms with van der Waals surface area (Å²) < 4.78 is 6.40. The molecule has 3 aromatic rings. The average Bonchev–Trinajstić information content (AvgIpc) is 3.11. The van der Waals surface area contributed by atoms with Crippen LogP contribution in [0.15, 0.2) is 54.6 Å². The molecule has 1 saturated heterocycles. The molecule has 1 fully saturated rings. The predicted molar refractivity (Wildman–Crippen MR) is 106 cm³/mol. The van der Waals surface area contributed by atoms with E-state index in [0.717, 1.165) is 16.5 Å². The Morgan fingerprint density at radius 1 is 1.07 bits per heavy atom. The number of fused-ring (bicyclic) bond motifs is 1. The van der Waals surface area contributed by atoms with Gasteiger partial charge >= 0.3 is 0 Å². The van der Waals surface area contributed by atoms with Crippen LogP contribution in [0.3, 0.4) is 0 Å². The molecule has 140 valence electrons. The SMILES string of the molecule is CC(C)(C)[C@H]1CN(C(=O)c2n[nH]c3ccccc23)C[C@@H](c2ccccc2)O1. The van der Waals surface area contributed by atoms with Gasteiger partial charge in [0.2, 0.25) is 0 Å². The Kier molecular flexibility index (Phi) is 4.48. The quantitative estimate of drug-likeness (QED) is 0.743. The first-order valence-electron chi connectivity index (χ1n) is 9.36. The van der Waals surface area contributed by atoms with Crippen molar-refractivity contribution >= 4 is 16.8 Å². The molecule has 0 spiro atoms. The number of ether oxygens (including phenoxy) is 1. The first-order chi connectivity index (χ1) is 12.9.